The number of halogens is 1. The lowest BCUT2D eigenvalue weighted by atomic mass is 9.90. The molecule has 0 unspecified atom stereocenters. The minimum Gasteiger partial charge on any atom is -0.366 e. The molecule has 0 amide bonds. The lowest BCUT2D eigenvalue weighted by Crippen LogP contribution is -2.42. The largest absolute Gasteiger partial charge is 0.366 e. The molecule has 0 bridgehead atoms. The van der Waals surface area contributed by atoms with E-state index in [1.807, 2.05) is 13.1 Å². The predicted molar refractivity (Wildman–Crippen MR) is 89.7 cm³/mol. The van der Waals surface area contributed by atoms with E-state index in [1.165, 1.54) is 4.68 Å². The molecule has 2 rings (SSSR count). The Morgan fingerprint density at radius 3 is 2.62 bits per heavy atom. The van der Waals surface area contributed by atoms with Gasteiger partial charge in [-0.25, -0.2) is 4.68 Å². The van der Waals surface area contributed by atoms with Crippen molar-refractivity contribution >= 4 is 21.6 Å². The van der Waals surface area contributed by atoms with Crippen molar-refractivity contribution in [1.82, 2.24) is 9.78 Å². The van der Waals surface area contributed by atoms with Crippen LogP contribution in [0.15, 0.2) is 15.5 Å². The maximum absolute atomic E-state index is 12.3. The zero-order valence-corrected chi connectivity index (χ0v) is 14.5. The Hall–Kier alpha value is -0.880. The molecule has 0 aromatic carbocycles. The van der Waals surface area contributed by atoms with Gasteiger partial charge in [-0.1, -0.05) is 6.92 Å². The maximum atomic E-state index is 12.3. The molecule has 5 nitrogen and oxygen atoms in total. The van der Waals surface area contributed by atoms with Crippen LogP contribution in [0.5, 0.6) is 0 Å². The van der Waals surface area contributed by atoms with Gasteiger partial charge < -0.3 is 10.6 Å². The van der Waals surface area contributed by atoms with E-state index in [-0.39, 0.29) is 5.56 Å². The first kappa shape index (κ1) is 16.5. The zero-order chi connectivity index (χ0) is 15.4. The molecular formula is C15H25BrN4O. The summed E-state index contributed by atoms with van der Waals surface area (Å²) < 4.78 is 2.15. The molecule has 0 radical (unpaired) electrons. The van der Waals surface area contributed by atoms with E-state index in [1.54, 1.807) is 0 Å². The average Bonchev–Trinajstić information content (AvgIpc) is 2.49. The van der Waals surface area contributed by atoms with Gasteiger partial charge >= 0.3 is 0 Å². The molecular weight excluding hydrogens is 332 g/mol. The number of aromatic nitrogens is 2. The van der Waals surface area contributed by atoms with Crippen molar-refractivity contribution in [3.8, 4) is 0 Å². The van der Waals surface area contributed by atoms with Crippen LogP contribution < -0.4 is 16.2 Å². The number of rotatable bonds is 5. The molecule has 1 saturated carbocycles. The summed E-state index contributed by atoms with van der Waals surface area (Å²) in [5.41, 5.74) is 6.86. The molecule has 1 fully saturated rings. The molecule has 0 saturated heterocycles. The third-order valence-corrected chi connectivity index (χ3v) is 4.98. The number of nitrogens with two attached hydrogens (primary N) is 1. The first-order chi connectivity index (χ1) is 10.1. The second kappa shape index (κ2) is 7.40. The summed E-state index contributed by atoms with van der Waals surface area (Å²) in [5, 5.41) is 4.32. The topological polar surface area (TPSA) is 64.2 Å². The Labute approximate surface area is 134 Å². The van der Waals surface area contributed by atoms with Crippen molar-refractivity contribution in [2.24, 2.45) is 5.73 Å². The zero-order valence-electron chi connectivity index (χ0n) is 12.9. The molecule has 1 aliphatic carbocycles. The van der Waals surface area contributed by atoms with Crippen LogP contribution in [0.2, 0.25) is 0 Å². The standard InChI is InChI=1S/C15H25BrN4O/c1-3-9-20-15(21)14(16)13(10-18-20)19(4-2)12-7-5-11(17)6-8-12/h10-12H,3-9,17H2,1-2H3. The summed E-state index contributed by atoms with van der Waals surface area (Å²) in [6, 6.07) is 0.786. The van der Waals surface area contributed by atoms with Crippen molar-refractivity contribution in [2.45, 2.75) is 64.6 Å². The van der Waals surface area contributed by atoms with E-state index < -0.39 is 0 Å². The van der Waals surface area contributed by atoms with E-state index in [9.17, 15) is 4.79 Å². The van der Waals surface area contributed by atoms with Crippen molar-refractivity contribution in [3.05, 3.63) is 21.0 Å². The van der Waals surface area contributed by atoms with Gasteiger partial charge in [-0.3, -0.25) is 4.79 Å². The molecule has 1 aromatic rings. The van der Waals surface area contributed by atoms with E-state index in [2.05, 4.69) is 32.9 Å². The van der Waals surface area contributed by atoms with Gasteiger partial charge in [0.15, 0.2) is 0 Å². The fraction of sp³-hybridized carbons (Fsp3) is 0.733. The highest BCUT2D eigenvalue weighted by molar-refractivity contribution is 9.10. The predicted octanol–water partition coefficient (Wildman–Crippen LogP) is 2.51. The molecule has 0 aliphatic heterocycles. The number of nitrogens with zero attached hydrogens (tertiary/aromatic N) is 3. The third-order valence-electron chi connectivity index (χ3n) is 4.23. The van der Waals surface area contributed by atoms with Crippen LogP contribution in [0.25, 0.3) is 0 Å². The van der Waals surface area contributed by atoms with Gasteiger partial charge in [-0.2, -0.15) is 5.10 Å². The summed E-state index contributed by atoms with van der Waals surface area (Å²) >= 11 is 3.48. The van der Waals surface area contributed by atoms with Crippen molar-refractivity contribution < 1.29 is 0 Å². The smallest absolute Gasteiger partial charge is 0.283 e. The Morgan fingerprint density at radius 2 is 2.05 bits per heavy atom. The lowest BCUT2D eigenvalue weighted by Gasteiger charge is -2.37. The maximum Gasteiger partial charge on any atom is 0.283 e. The molecule has 0 atom stereocenters. The molecule has 0 spiro atoms. The van der Waals surface area contributed by atoms with Crippen LogP contribution in [0.1, 0.15) is 46.0 Å². The molecule has 2 N–H and O–H groups in total. The van der Waals surface area contributed by atoms with Crippen LogP contribution >= 0.6 is 15.9 Å². The number of aryl methyl sites for hydroxylation is 1. The monoisotopic (exact) mass is 356 g/mol. The first-order valence-corrected chi connectivity index (χ1v) is 8.65. The van der Waals surface area contributed by atoms with Gasteiger partial charge in [-0.15, -0.1) is 0 Å². The average molecular weight is 357 g/mol. The highest BCUT2D eigenvalue weighted by atomic mass is 79.9. The molecule has 1 heterocycles. The van der Waals surface area contributed by atoms with E-state index >= 15 is 0 Å². The molecule has 21 heavy (non-hydrogen) atoms. The Kier molecular flexibility index (Phi) is 5.81. The Morgan fingerprint density at radius 1 is 1.38 bits per heavy atom. The molecule has 118 valence electrons. The van der Waals surface area contributed by atoms with Gasteiger partial charge in [0.05, 0.1) is 11.9 Å². The highest BCUT2D eigenvalue weighted by Gasteiger charge is 2.25. The van der Waals surface area contributed by atoms with Gasteiger partial charge in [0.25, 0.3) is 5.56 Å². The summed E-state index contributed by atoms with van der Waals surface area (Å²) in [7, 11) is 0. The fourth-order valence-corrected chi connectivity index (χ4v) is 3.60. The second-order valence-corrected chi connectivity index (χ2v) is 6.52. The van der Waals surface area contributed by atoms with Crippen LogP contribution in [-0.4, -0.2) is 28.4 Å². The number of hydrogen-bond donors (Lipinski definition) is 1. The quantitative estimate of drug-likeness (QED) is 0.880. The van der Waals surface area contributed by atoms with Crippen molar-refractivity contribution in [3.63, 3.8) is 0 Å². The number of hydrogen-bond acceptors (Lipinski definition) is 4. The SMILES string of the molecule is CCCn1ncc(N(CC)C2CCC(N)CC2)c(Br)c1=O. The van der Waals surface area contributed by atoms with E-state index in [4.69, 9.17) is 5.73 Å². The third kappa shape index (κ3) is 3.66. The summed E-state index contributed by atoms with van der Waals surface area (Å²) in [5.74, 6) is 0. The van der Waals surface area contributed by atoms with Crippen molar-refractivity contribution in [2.75, 3.05) is 11.4 Å². The normalized spacial score (nSPS) is 22.3. The minimum atomic E-state index is -0.0414. The Bertz CT molecular complexity index is 523. The lowest BCUT2D eigenvalue weighted by molar-refractivity contribution is 0.377. The summed E-state index contributed by atoms with van der Waals surface area (Å²) in [6.45, 7) is 5.69. The Balaban J connectivity index is 2.26. The van der Waals surface area contributed by atoms with Crippen LogP contribution in [0.3, 0.4) is 0 Å². The number of anilines is 1. The van der Waals surface area contributed by atoms with Crippen molar-refractivity contribution in [1.29, 1.82) is 0 Å². The van der Waals surface area contributed by atoms with Gasteiger partial charge in [-0.05, 0) is 55.0 Å². The summed E-state index contributed by atoms with van der Waals surface area (Å²) in [6.07, 6.45) is 6.99. The molecule has 6 heteroatoms. The minimum absolute atomic E-state index is 0.0414. The van der Waals surface area contributed by atoms with Gasteiger partial charge in [0, 0.05) is 25.2 Å². The second-order valence-electron chi connectivity index (χ2n) is 5.73. The van der Waals surface area contributed by atoms with Crippen LogP contribution in [0, 0.1) is 0 Å². The first-order valence-electron chi connectivity index (χ1n) is 7.86. The van der Waals surface area contributed by atoms with E-state index in [0.717, 1.165) is 44.3 Å². The highest BCUT2D eigenvalue weighted by Crippen LogP contribution is 2.29. The fourth-order valence-electron chi connectivity index (χ4n) is 3.07. The van der Waals surface area contributed by atoms with E-state index in [0.29, 0.717) is 23.1 Å². The van der Waals surface area contributed by atoms with Gasteiger partial charge in [0.1, 0.15) is 4.47 Å². The van der Waals surface area contributed by atoms with Gasteiger partial charge in [0.2, 0.25) is 0 Å². The molecule has 1 aromatic heterocycles. The molecule has 1 aliphatic rings. The van der Waals surface area contributed by atoms with Crippen LogP contribution in [0.4, 0.5) is 5.69 Å². The van der Waals surface area contributed by atoms with Crippen LogP contribution in [-0.2, 0) is 6.54 Å². The summed E-state index contributed by atoms with van der Waals surface area (Å²) in [4.78, 5) is 14.6.